The first kappa shape index (κ1) is 23.6. The quantitative estimate of drug-likeness (QED) is 0.200. The van der Waals surface area contributed by atoms with Crippen LogP contribution in [-0.2, 0) is 5.41 Å². The molecule has 1 nitrogen and oxygen atoms in total. The molecule has 7 aromatic carbocycles. The lowest BCUT2D eigenvalue weighted by Gasteiger charge is -2.22. The number of benzene rings is 7. The maximum Gasteiger partial charge on any atom is 0.136 e. The van der Waals surface area contributed by atoms with Crippen LogP contribution in [0, 0.1) is 0 Å². The van der Waals surface area contributed by atoms with Gasteiger partial charge in [-0.3, -0.25) is 0 Å². The summed E-state index contributed by atoms with van der Waals surface area (Å²) in [6.07, 6.45) is 0. The van der Waals surface area contributed by atoms with Crippen LogP contribution >= 0.6 is 0 Å². The Labute approximate surface area is 244 Å². The van der Waals surface area contributed by atoms with Crippen LogP contribution in [0.2, 0.25) is 0 Å². The van der Waals surface area contributed by atoms with Gasteiger partial charge >= 0.3 is 0 Å². The van der Waals surface area contributed by atoms with Gasteiger partial charge in [-0.2, -0.15) is 0 Å². The lowest BCUT2D eigenvalue weighted by molar-refractivity contribution is 0.660. The Morgan fingerprint density at radius 1 is 0.429 bits per heavy atom. The molecule has 8 aromatic rings. The van der Waals surface area contributed by atoms with Gasteiger partial charge in [0.15, 0.2) is 0 Å². The molecule has 1 aliphatic carbocycles. The second-order valence-electron chi connectivity index (χ2n) is 12.0. The molecule has 198 valence electrons. The van der Waals surface area contributed by atoms with Crippen LogP contribution in [0.5, 0.6) is 0 Å². The molecule has 1 aromatic heterocycles. The van der Waals surface area contributed by atoms with Crippen molar-refractivity contribution in [1.82, 2.24) is 0 Å². The number of para-hydroxylation sites is 1. The molecular weight excluding hydrogens is 508 g/mol. The van der Waals surface area contributed by atoms with E-state index in [1.54, 1.807) is 0 Å². The number of rotatable bonds is 2. The molecule has 42 heavy (non-hydrogen) atoms. The fraction of sp³-hybridized carbons (Fsp3) is 0.0732. The lowest BCUT2D eigenvalue weighted by atomic mass is 9.81. The highest BCUT2D eigenvalue weighted by Crippen LogP contribution is 2.51. The summed E-state index contributed by atoms with van der Waals surface area (Å²) in [5.74, 6) is 0. The van der Waals surface area contributed by atoms with Crippen molar-refractivity contribution in [1.29, 1.82) is 0 Å². The minimum Gasteiger partial charge on any atom is -0.456 e. The van der Waals surface area contributed by atoms with Crippen molar-refractivity contribution < 1.29 is 4.42 Å². The Morgan fingerprint density at radius 3 is 1.71 bits per heavy atom. The first-order valence-corrected chi connectivity index (χ1v) is 14.7. The predicted molar refractivity (Wildman–Crippen MR) is 177 cm³/mol. The van der Waals surface area contributed by atoms with Gasteiger partial charge in [-0.05, 0) is 84.3 Å². The van der Waals surface area contributed by atoms with Gasteiger partial charge in [-0.15, -0.1) is 0 Å². The summed E-state index contributed by atoms with van der Waals surface area (Å²) in [4.78, 5) is 0. The van der Waals surface area contributed by atoms with E-state index in [1.807, 2.05) is 6.07 Å². The van der Waals surface area contributed by atoms with E-state index in [9.17, 15) is 0 Å². The largest absolute Gasteiger partial charge is 0.456 e. The molecule has 0 saturated carbocycles. The molecule has 0 radical (unpaired) electrons. The molecule has 0 atom stereocenters. The van der Waals surface area contributed by atoms with Crippen LogP contribution in [0.3, 0.4) is 0 Å². The number of furan rings is 1. The van der Waals surface area contributed by atoms with E-state index < -0.39 is 0 Å². The predicted octanol–water partition coefficient (Wildman–Crippen LogP) is 11.5. The lowest BCUT2D eigenvalue weighted by Crippen LogP contribution is -2.14. The second kappa shape index (κ2) is 8.44. The van der Waals surface area contributed by atoms with Crippen molar-refractivity contribution >= 4 is 43.5 Å². The van der Waals surface area contributed by atoms with Crippen LogP contribution in [0.25, 0.3) is 76.9 Å². The smallest absolute Gasteiger partial charge is 0.136 e. The fourth-order valence-corrected chi connectivity index (χ4v) is 7.59. The van der Waals surface area contributed by atoms with Crippen molar-refractivity contribution in [2.45, 2.75) is 19.3 Å². The SMILES string of the molecule is CC1(C)c2ccccc2-c2cc(-c3c4ccccc4c(-c4cccc5oc6ccccc6c45)c4ccccc34)ccc21. The molecule has 0 N–H and O–H groups in total. The first-order chi connectivity index (χ1) is 20.6. The number of fused-ring (bicyclic) bond motifs is 8. The standard InChI is InChI=1S/C41H28O/c1-41(2)34-19-9-7-12-26(34)33-24-25(22-23-35(33)41)38-27-13-3-5-15-29(27)39(30-16-6-4-14-28(30)38)32-18-11-21-37-40(32)31-17-8-10-20-36(31)42-37/h3-24H,1-2H3. The third kappa shape index (κ3) is 3.08. The maximum atomic E-state index is 6.32. The minimum absolute atomic E-state index is 0.00942. The summed E-state index contributed by atoms with van der Waals surface area (Å²) in [6, 6.07) is 48.7. The fourth-order valence-electron chi connectivity index (χ4n) is 7.59. The molecule has 1 aliphatic rings. The summed E-state index contributed by atoms with van der Waals surface area (Å²) in [5.41, 5.74) is 12.4. The maximum absolute atomic E-state index is 6.32. The average molecular weight is 537 g/mol. The first-order valence-electron chi connectivity index (χ1n) is 14.7. The number of hydrogen-bond acceptors (Lipinski definition) is 1. The zero-order valence-electron chi connectivity index (χ0n) is 23.6. The third-order valence-corrected chi connectivity index (χ3v) is 9.48. The van der Waals surface area contributed by atoms with Gasteiger partial charge in [0.2, 0.25) is 0 Å². The molecule has 0 saturated heterocycles. The highest BCUT2D eigenvalue weighted by molar-refractivity contribution is 6.25. The Balaban J connectivity index is 1.40. The van der Waals surface area contributed by atoms with Crippen LogP contribution < -0.4 is 0 Å². The molecule has 0 bridgehead atoms. The van der Waals surface area contributed by atoms with E-state index in [0.717, 1.165) is 16.6 Å². The molecule has 0 amide bonds. The van der Waals surface area contributed by atoms with Crippen molar-refractivity contribution in [3.63, 3.8) is 0 Å². The molecule has 0 spiro atoms. The van der Waals surface area contributed by atoms with E-state index in [1.165, 1.54) is 71.4 Å². The zero-order chi connectivity index (χ0) is 28.0. The number of hydrogen-bond donors (Lipinski definition) is 0. The van der Waals surface area contributed by atoms with Crippen molar-refractivity contribution in [2.24, 2.45) is 0 Å². The van der Waals surface area contributed by atoms with E-state index in [0.29, 0.717) is 0 Å². The normalized spacial score (nSPS) is 13.7. The molecule has 0 aliphatic heterocycles. The highest BCUT2D eigenvalue weighted by atomic mass is 16.3. The van der Waals surface area contributed by atoms with Gasteiger partial charge in [0, 0.05) is 16.2 Å². The Kier molecular flexibility index (Phi) is 4.73. The van der Waals surface area contributed by atoms with Crippen LogP contribution in [0.15, 0.2) is 138 Å². The van der Waals surface area contributed by atoms with Gasteiger partial charge in [-0.1, -0.05) is 129 Å². The Morgan fingerprint density at radius 2 is 0.976 bits per heavy atom. The van der Waals surface area contributed by atoms with Gasteiger partial charge in [0.1, 0.15) is 11.2 Å². The van der Waals surface area contributed by atoms with E-state index in [2.05, 4.69) is 141 Å². The monoisotopic (exact) mass is 536 g/mol. The Hall–Kier alpha value is -5.14. The summed E-state index contributed by atoms with van der Waals surface area (Å²) in [6.45, 7) is 4.69. The van der Waals surface area contributed by atoms with Gasteiger partial charge < -0.3 is 4.42 Å². The molecule has 1 heteroatoms. The van der Waals surface area contributed by atoms with Gasteiger partial charge in [-0.25, -0.2) is 0 Å². The molecule has 9 rings (SSSR count). The van der Waals surface area contributed by atoms with Crippen molar-refractivity contribution in [2.75, 3.05) is 0 Å². The molecule has 0 fully saturated rings. The topological polar surface area (TPSA) is 13.1 Å². The van der Waals surface area contributed by atoms with Crippen LogP contribution in [0.1, 0.15) is 25.0 Å². The third-order valence-electron chi connectivity index (χ3n) is 9.48. The summed E-state index contributed by atoms with van der Waals surface area (Å²) >= 11 is 0. The Bertz CT molecular complexity index is 2330. The summed E-state index contributed by atoms with van der Waals surface area (Å²) in [7, 11) is 0. The molecular formula is C41H28O. The minimum atomic E-state index is -0.00942. The van der Waals surface area contributed by atoms with E-state index in [-0.39, 0.29) is 5.41 Å². The summed E-state index contributed by atoms with van der Waals surface area (Å²) < 4.78 is 6.32. The second-order valence-corrected chi connectivity index (χ2v) is 12.0. The van der Waals surface area contributed by atoms with Crippen LogP contribution in [0.4, 0.5) is 0 Å². The summed E-state index contributed by atoms with van der Waals surface area (Å²) in [5, 5.41) is 7.37. The average Bonchev–Trinajstić information content (AvgIpc) is 3.52. The molecule has 1 heterocycles. The van der Waals surface area contributed by atoms with Crippen LogP contribution in [-0.4, -0.2) is 0 Å². The van der Waals surface area contributed by atoms with Gasteiger partial charge in [0.25, 0.3) is 0 Å². The molecule has 0 unspecified atom stereocenters. The van der Waals surface area contributed by atoms with Crippen molar-refractivity contribution in [3.05, 3.63) is 145 Å². The van der Waals surface area contributed by atoms with E-state index >= 15 is 0 Å². The van der Waals surface area contributed by atoms with Gasteiger partial charge in [0.05, 0.1) is 0 Å². The zero-order valence-corrected chi connectivity index (χ0v) is 23.6. The van der Waals surface area contributed by atoms with Crippen molar-refractivity contribution in [3.8, 4) is 33.4 Å². The van der Waals surface area contributed by atoms with E-state index in [4.69, 9.17) is 4.42 Å². The highest BCUT2D eigenvalue weighted by Gasteiger charge is 2.35.